The van der Waals surface area contributed by atoms with Crippen LogP contribution >= 0.6 is 0 Å². The SMILES string of the molecule is CCc1cc(=O)oc2cc(OCC(=O)Nc3ccc4c(c3)CCC4)ccc12. The number of ether oxygens (including phenoxy) is 1. The second kappa shape index (κ2) is 7.27. The number of aryl methyl sites for hydroxylation is 3. The first-order valence-electron chi connectivity index (χ1n) is 9.23. The quantitative estimate of drug-likeness (QED) is 0.699. The Morgan fingerprint density at radius 3 is 2.81 bits per heavy atom. The van der Waals surface area contributed by atoms with Crippen LogP contribution in [0.5, 0.6) is 5.75 Å². The summed E-state index contributed by atoms with van der Waals surface area (Å²) in [5.41, 5.74) is 4.49. The van der Waals surface area contributed by atoms with E-state index in [-0.39, 0.29) is 18.1 Å². The summed E-state index contributed by atoms with van der Waals surface area (Å²) in [5.74, 6) is 0.264. The number of nitrogens with one attached hydrogen (secondary N) is 1. The van der Waals surface area contributed by atoms with Crippen LogP contribution in [0.25, 0.3) is 11.0 Å². The molecule has 0 radical (unpaired) electrons. The van der Waals surface area contributed by atoms with Crippen molar-refractivity contribution >= 4 is 22.6 Å². The van der Waals surface area contributed by atoms with Crippen LogP contribution in [0.4, 0.5) is 5.69 Å². The number of benzene rings is 2. The van der Waals surface area contributed by atoms with Gasteiger partial charge in [-0.15, -0.1) is 0 Å². The van der Waals surface area contributed by atoms with Crippen molar-refractivity contribution in [3.8, 4) is 5.75 Å². The Bertz CT molecular complexity index is 1070. The minimum Gasteiger partial charge on any atom is -0.484 e. The van der Waals surface area contributed by atoms with Crippen LogP contribution in [-0.4, -0.2) is 12.5 Å². The first-order valence-corrected chi connectivity index (χ1v) is 9.23. The molecule has 0 saturated carbocycles. The van der Waals surface area contributed by atoms with E-state index in [9.17, 15) is 9.59 Å². The maximum Gasteiger partial charge on any atom is 0.336 e. The third kappa shape index (κ3) is 3.72. The Morgan fingerprint density at radius 2 is 1.96 bits per heavy atom. The topological polar surface area (TPSA) is 68.5 Å². The summed E-state index contributed by atoms with van der Waals surface area (Å²) in [6.07, 6.45) is 4.10. The molecule has 3 aromatic rings. The summed E-state index contributed by atoms with van der Waals surface area (Å²) >= 11 is 0. The molecule has 0 fully saturated rings. The Kier molecular flexibility index (Phi) is 4.67. The molecule has 5 heteroatoms. The number of hydrogen-bond donors (Lipinski definition) is 1. The van der Waals surface area contributed by atoms with Crippen molar-refractivity contribution in [1.29, 1.82) is 0 Å². The lowest BCUT2D eigenvalue weighted by atomic mass is 10.1. The zero-order valence-electron chi connectivity index (χ0n) is 15.2. The molecule has 138 valence electrons. The van der Waals surface area contributed by atoms with Gasteiger partial charge in [0, 0.05) is 23.2 Å². The van der Waals surface area contributed by atoms with Gasteiger partial charge in [0.25, 0.3) is 5.91 Å². The van der Waals surface area contributed by atoms with Gasteiger partial charge in [-0.3, -0.25) is 4.79 Å². The molecule has 2 aromatic carbocycles. The van der Waals surface area contributed by atoms with E-state index in [1.807, 2.05) is 25.1 Å². The molecule has 4 rings (SSSR count). The fourth-order valence-electron chi connectivity index (χ4n) is 3.59. The Hall–Kier alpha value is -3.08. The van der Waals surface area contributed by atoms with E-state index < -0.39 is 0 Å². The lowest BCUT2D eigenvalue weighted by Gasteiger charge is -2.10. The zero-order valence-corrected chi connectivity index (χ0v) is 15.2. The van der Waals surface area contributed by atoms with Gasteiger partial charge in [-0.2, -0.15) is 0 Å². The van der Waals surface area contributed by atoms with Crippen molar-refractivity contribution in [3.05, 3.63) is 69.6 Å². The second-order valence-electron chi connectivity index (χ2n) is 6.78. The highest BCUT2D eigenvalue weighted by Crippen LogP contribution is 2.25. The van der Waals surface area contributed by atoms with E-state index in [0.717, 1.165) is 35.9 Å². The first-order chi connectivity index (χ1) is 13.1. The fourth-order valence-corrected chi connectivity index (χ4v) is 3.59. The minimum absolute atomic E-state index is 0.111. The monoisotopic (exact) mass is 363 g/mol. The van der Waals surface area contributed by atoms with Crippen molar-refractivity contribution in [2.24, 2.45) is 0 Å². The molecule has 1 amide bonds. The molecule has 1 aliphatic rings. The van der Waals surface area contributed by atoms with Crippen molar-refractivity contribution in [2.75, 3.05) is 11.9 Å². The molecule has 1 heterocycles. The summed E-state index contributed by atoms with van der Waals surface area (Å²) in [5, 5.41) is 3.75. The Balaban J connectivity index is 1.43. The van der Waals surface area contributed by atoms with Crippen LogP contribution in [0.3, 0.4) is 0 Å². The second-order valence-corrected chi connectivity index (χ2v) is 6.78. The van der Waals surface area contributed by atoms with Gasteiger partial charge in [-0.05, 0) is 66.6 Å². The molecular formula is C22H21NO4. The van der Waals surface area contributed by atoms with Crippen molar-refractivity contribution in [1.82, 2.24) is 0 Å². The van der Waals surface area contributed by atoms with Gasteiger partial charge in [-0.1, -0.05) is 13.0 Å². The highest BCUT2D eigenvalue weighted by molar-refractivity contribution is 5.92. The maximum absolute atomic E-state index is 12.2. The summed E-state index contributed by atoms with van der Waals surface area (Å²) in [6.45, 7) is 1.88. The number of amides is 1. The van der Waals surface area contributed by atoms with Crippen LogP contribution in [0.1, 0.15) is 30.0 Å². The van der Waals surface area contributed by atoms with Gasteiger partial charge in [0.15, 0.2) is 6.61 Å². The molecule has 0 spiro atoms. The van der Waals surface area contributed by atoms with Crippen LogP contribution < -0.4 is 15.7 Å². The number of fused-ring (bicyclic) bond motifs is 2. The predicted octanol–water partition coefficient (Wildman–Crippen LogP) is 3.86. The van der Waals surface area contributed by atoms with Crippen LogP contribution in [0.2, 0.25) is 0 Å². The van der Waals surface area contributed by atoms with Crippen molar-refractivity contribution < 1.29 is 13.9 Å². The molecule has 1 aromatic heterocycles. The number of carbonyl (C=O) groups excluding carboxylic acids is 1. The van der Waals surface area contributed by atoms with E-state index in [2.05, 4.69) is 11.4 Å². The average Bonchev–Trinajstić information content (AvgIpc) is 3.13. The van der Waals surface area contributed by atoms with Gasteiger partial charge in [0.05, 0.1) is 0 Å². The fraction of sp³-hybridized carbons (Fsp3) is 0.273. The van der Waals surface area contributed by atoms with E-state index in [0.29, 0.717) is 11.3 Å². The van der Waals surface area contributed by atoms with Crippen molar-refractivity contribution in [2.45, 2.75) is 32.6 Å². The normalized spacial score (nSPS) is 12.8. The number of rotatable bonds is 5. The van der Waals surface area contributed by atoms with Crippen molar-refractivity contribution in [3.63, 3.8) is 0 Å². The first kappa shape index (κ1) is 17.3. The predicted molar refractivity (Wildman–Crippen MR) is 104 cm³/mol. The Morgan fingerprint density at radius 1 is 1.11 bits per heavy atom. The molecule has 0 atom stereocenters. The highest BCUT2D eigenvalue weighted by Gasteiger charge is 2.12. The smallest absolute Gasteiger partial charge is 0.336 e. The average molecular weight is 363 g/mol. The van der Waals surface area contributed by atoms with E-state index in [1.165, 1.54) is 23.6 Å². The lowest BCUT2D eigenvalue weighted by molar-refractivity contribution is -0.118. The molecule has 0 unspecified atom stereocenters. The molecule has 1 N–H and O–H groups in total. The third-order valence-corrected chi connectivity index (χ3v) is 4.93. The van der Waals surface area contributed by atoms with E-state index >= 15 is 0 Å². The van der Waals surface area contributed by atoms with Gasteiger partial charge >= 0.3 is 5.63 Å². The van der Waals surface area contributed by atoms with Gasteiger partial charge in [-0.25, -0.2) is 4.79 Å². The Labute approximate surface area is 157 Å². The van der Waals surface area contributed by atoms with Gasteiger partial charge in [0.2, 0.25) is 0 Å². The largest absolute Gasteiger partial charge is 0.484 e. The standard InChI is InChI=1S/C22H21NO4/c1-2-14-11-22(25)27-20-12-18(8-9-19(14)20)26-13-21(24)23-17-7-6-15-4-3-5-16(15)10-17/h6-12H,2-5,13H2,1H3,(H,23,24). The van der Waals surface area contributed by atoms with Crippen LogP contribution in [-0.2, 0) is 24.1 Å². The number of hydrogen-bond acceptors (Lipinski definition) is 4. The number of carbonyl (C=O) groups is 1. The summed E-state index contributed by atoms with van der Waals surface area (Å²) in [6, 6.07) is 12.8. The highest BCUT2D eigenvalue weighted by atomic mass is 16.5. The summed E-state index contributed by atoms with van der Waals surface area (Å²) in [4.78, 5) is 23.8. The molecule has 1 aliphatic carbocycles. The molecule has 5 nitrogen and oxygen atoms in total. The molecular weight excluding hydrogens is 342 g/mol. The molecule has 0 aliphatic heterocycles. The van der Waals surface area contributed by atoms with Crippen LogP contribution in [0, 0.1) is 0 Å². The maximum atomic E-state index is 12.2. The van der Waals surface area contributed by atoms with E-state index in [1.54, 1.807) is 12.1 Å². The van der Waals surface area contributed by atoms with E-state index in [4.69, 9.17) is 9.15 Å². The summed E-state index contributed by atoms with van der Waals surface area (Å²) < 4.78 is 10.8. The van der Waals surface area contributed by atoms with Gasteiger partial charge < -0.3 is 14.5 Å². The van der Waals surface area contributed by atoms with Gasteiger partial charge in [0.1, 0.15) is 11.3 Å². The molecule has 0 saturated heterocycles. The minimum atomic E-state index is -0.383. The molecule has 27 heavy (non-hydrogen) atoms. The van der Waals surface area contributed by atoms with Crippen LogP contribution in [0.15, 0.2) is 51.7 Å². The summed E-state index contributed by atoms with van der Waals surface area (Å²) in [7, 11) is 0. The number of anilines is 1. The molecule has 0 bridgehead atoms. The third-order valence-electron chi connectivity index (χ3n) is 4.93. The zero-order chi connectivity index (χ0) is 18.8. The lowest BCUT2D eigenvalue weighted by Crippen LogP contribution is -2.20.